The number of nitrogens with zero attached hydrogens (tertiary/aromatic N) is 3. The van der Waals surface area contributed by atoms with Crippen LogP contribution in [-0.2, 0) is 0 Å². The summed E-state index contributed by atoms with van der Waals surface area (Å²) in [6.07, 6.45) is 0. The minimum absolute atomic E-state index is 0.0423. The first-order chi connectivity index (χ1) is 11.8. The van der Waals surface area contributed by atoms with Crippen LogP contribution in [0.2, 0.25) is 0 Å². The van der Waals surface area contributed by atoms with Crippen LogP contribution in [-0.4, -0.2) is 37.7 Å². The smallest absolute Gasteiger partial charge is 0.304 e. The molecule has 5 nitrogen and oxygen atoms in total. The highest BCUT2D eigenvalue weighted by molar-refractivity contribution is 14.1. The number of anilines is 1. The molecule has 2 aliphatic heterocycles. The monoisotopic (exact) mass is 573 g/mol. The minimum atomic E-state index is -0.702. The van der Waals surface area contributed by atoms with Crippen LogP contribution in [0.3, 0.4) is 0 Å². The molecule has 134 valence electrons. The molecule has 0 aliphatic carbocycles. The van der Waals surface area contributed by atoms with E-state index in [9.17, 15) is 13.6 Å². The largest absolute Gasteiger partial charge is 0.484 e. The van der Waals surface area contributed by atoms with Crippen LogP contribution in [0, 0.1) is 18.6 Å². The zero-order valence-electron chi connectivity index (χ0n) is 13.5. The van der Waals surface area contributed by atoms with Crippen molar-refractivity contribution in [2.45, 2.75) is 25.9 Å². The molecule has 9 heteroatoms. The van der Waals surface area contributed by atoms with E-state index in [1.54, 1.807) is 22.9 Å². The van der Waals surface area contributed by atoms with Gasteiger partial charge in [0.1, 0.15) is 12.4 Å². The van der Waals surface area contributed by atoms with E-state index in [4.69, 9.17) is 4.74 Å². The van der Waals surface area contributed by atoms with Gasteiger partial charge in [0.15, 0.2) is 5.82 Å². The Kier molecular flexibility index (Phi) is 4.38. The third kappa shape index (κ3) is 2.56. The van der Waals surface area contributed by atoms with Gasteiger partial charge in [-0.25, -0.2) is 14.7 Å². The Morgan fingerprint density at radius 1 is 1.28 bits per heavy atom. The van der Waals surface area contributed by atoms with Crippen molar-refractivity contribution < 1.29 is 13.5 Å². The predicted molar refractivity (Wildman–Crippen MR) is 109 cm³/mol. The molecule has 3 heterocycles. The first-order valence-electron chi connectivity index (χ1n) is 7.86. The van der Waals surface area contributed by atoms with Crippen molar-refractivity contribution in [1.29, 1.82) is 0 Å². The van der Waals surface area contributed by atoms with E-state index in [1.807, 2.05) is 0 Å². The fourth-order valence-corrected chi connectivity index (χ4v) is 4.83. The Morgan fingerprint density at radius 3 is 2.72 bits per heavy atom. The molecule has 0 N–H and O–H groups in total. The van der Waals surface area contributed by atoms with E-state index < -0.39 is 17.2 Å². The molecule has 25 heavy (non-hydrogen) atoms. The lowest BCUT2D eigenvalue weighted by atomic mass is 10.0. The molecule has 0 radical (unpaired) electrons. The molecule has 1 saturated heterocycles. The number of benzene rings is 1. The van der Waals surface area contributed by atoms with E-state index in [-0.39, 0.29) is 28.9 Å². The van der Waals surface area contributed by atoms with Crippen LogP contribution in [0.25, 0.3) is 10.9 Å². The van der Waals surface area contributed by atoms with Gasteiger partial charge in [0.25, 0.3) is 0 Å². The number of pyridine rings is 1. The van der Waals surface area contributed by atoms with Crippen LogP contribution in [0.15, 0.2) is 10.9 Å². The molecule has 2 unspecified atom stereocenters. The van der Waals surface area contributed by atoms with Crippen molar-refractivity contribution in [3.05, 3.63) is 33.6 Å². The quantitative estimate of drug-likeness (QED) is 0.358. The van der Waals surface area contributed by atoms with Crippen molar-refractivity contribution in [1.82, 2.24) is 5.89 Å². The molecule has 4 rings (SSSR count). The number of piperazine rings is 1. The molecule has 0 bridgehead atoms. The van der Waals surface area contributed by atoms with E-state index in [1.165, 1.54) is 15.8 Å². The summed E-state index contributed by atoms with van der Waals surface area (Å²) in [7, 11) is 0. The Balaban J connectivity index is 2.06. The van der Waals surface area contributed by atoms with Crippen LogP contribution >= 0.6 is 45.7 Å². The Labute approximate surface area is 170 Å². The van der Waals surface area contributed by atoms with Gasteiger partial charge in [-0.2, -0.15) is 0 Å². The molecular formula is C16H15F2I2N3O2. The van der Waals surface area contributed by atoms with Gasteiger partial charge < -0.3 is 9.64 Å². The molecule has 1 aromatic heterocycles. The summed E-state index contributed by atoms with van der Waals surface area (Å²) < 4.78 is 38.2. The Hall–Kier alpha value is -0.690. The molecule has 1 fully saturated rings. The summed E-state index contributed by atoms with van der Waals surface area (Å²) in [5, 5.41) is 0.378. The highest BCUT2D eigenvalue weighted by Crippen LogP contribution is 2.42. The van der Waals surface area contributed by atoms with Gasteiger partial charge in [0, 0.05) is 52.9 Å². The molecule has 0 amide bonds. The van der Waals surface area contributed by atoms with Crippen molar-refractivity contribution in [2.75, 3.05) is 24.6 Å². The van der Waals surface area contributed by atoms with Crippen molar-refractivity contribution in [3.8, 4) is 5.75 Å². The highest BCUT2D eigenvalue weighted by atomic mass is 127. The number of ether oxygens (including phenoxy) is 1. The topological polar surface area (TPSA) is 37.7 Å². The number of rotatable bonds is 0. The number of aromatic nitrogens is 1. The third-order valence-electron chi connectivity index (χ3n) is 4.93. The average Bonchev–Trinajstić information content (AvgIpc) is 2.57. The maximum absolute atomic E-state index is 14.8. The second-order valence-corrected chi connectivity index (χ2v) is 8.71. The van der Waals surface area contributed by atoms with Crippen LogP contribution in [0.4, 0.5) is 14.5 Å². The lowest BCUT2D eigenvalue weighted by molar-refractivity contribution is 0.205. The SMILES string of the molecule is Cc1c(F)cc2c3c(c(=O)n(I)c2c1F)OCC1CN(I)C(C)CN31. The second kappa shape index (κ2) is 6.19. The number of halogens is 4. The summed E-state index contributed by atoms with van der Waals surface area (Å²) in [5.74, 6) is -1.15. The van der Waals surface area contributed by atoms with E-state index in [0.29, 0.717) is 24.2 Å². The summed E-state index contributed by atoms with van der Waals surface area (Å²) >= 11 is 4.03. The van der Waals surface area contributed by atoms with E-state index >= 15 is 0 Å². The van der Waals surface area contributed by atoms with E-state index in [2.05, 4.69) is 37.8 Å². The fraction of sp³-hybridized carbons (Fsp3) is 0.438. The number of fused-ring (bicyclic) bond motifs is 5. The molecule has 2 atom stereocenters. The fourth-order valence-electron chi connectivity index (χ4n) is 3.50. The van der Waals surface area contributed by atoms with Gasteiger partial charge in [0.2, 0.25) is 5.75 Å². The zero-order chi connectivity index (χ0) is 18.0. The maximum atomic E-state index is 14.8. The number of hydrogen-bond acceptors (Lipinski definition) is 4. The van der Waals surface area contributed by atoms with Gasteiger partial charge in [-0.15, -0.1) is 0 Å². The number of hydrogen-bond donors (Lipinski definition) is 0. The molecule has 0 spiro atoms. The second-order valence-electron chi connectivity index (χ2n) is 6.51. The molecule has 0 saturated carbocycles. The van der Waals surface area contributed by atoms with E-state index in [0.717, 1.165) is 6.54 Å². The highest BCUT2D eigenvalue weighted by Gasteiger charge is 2.38. The lowest BCUT2D eigenvalue weighted by Crippen LogP contribution is -2.58. The third-order valence-corrected chi connectivity index (χ3v) is 7.20. The zero-order valence-corrected chi connectivity index (χ0v) is 17.8. The minimum Gasteiger partial charge on any atom is -0.484 e. The Morgan fingerprint density at radius 2 is 2.00 bits per heavy atom. The van der Waals surface area contributed by atoms with Crippen LogP contribution in [0.5, 0.6) is 5.75 Å². The summed E-state index contributed by atoms with van der Waals surface area (Å²) in [5.41, 5.74) is 0.127. The predicted octanol–water partition coefficient (Wildman–Crippen LogP) is 3.41. The lowest BCUT2D eigenvalue weighted by Gasteiger charge is -2.46. The Bertz CT molecular complexity index is 950. The van der Waals surface area contributed by atoms with Gasteiger partial charge >= 0.3 is 5.56 Å². The van der Waals surface area contributed by atoms with Crippen molar-refractivity contribution in [3.63, 3.8) is 0 Å². The average molecular weight is 573 g/mol. The first-order valence-corrected chi connectivity index (χ1v) is 9.79. The summed E-state index contributed by atoms with van der Waals surface area (Å²) in [6, 6.07) is 1.61. The van der Waals surface area contributed by atoms with Gasteiger partial charge in [0.05, 0.1) is 40.1 Å². The van der Waals surface area contributed by atoms with Crippen molar-refractivity contribution in [2.24, 2.45) is 0 Å². The molecular weight excluding hydrogens is 558 g/mol. The van der Waals surface area contributed by atoms with Crippen molar-refractivity contribution >= 4 is 62.3 Å². The van der Waals surface area contributed by atoms with Gasteiger partial charge in [-0.05, 0) is 19.9 Å². The molecule has 2 aromatic rings. The standard InChI is InChI=1S/C16H15F2I2N3O2/c1-7-4-21-9(5-22(7)19)6-25-15-14(21)10-3-11(17)8(2)12(18)13(10)23(20)16(15)24/h3,7,9H,4-6H2,1-2H3. The van der Waals surface area contributed by atoms with Gasteiger partial charge in [-0.3, -0.25) is 4.79 Å². The molecule has 2 aliphatic rings. The molecule has 1 aromatic carbocycles. The van der Waals surface area contributed by atoms with Gasteiger partial charge in [-0.1, -0.05) is 0 Å². The first kappa shape index (κ1) is 17.7. The summed E-state index contributed by atoms with van der Waals surface area (Å²) in [6.45, 7) is 5.27. The van der Waals surface area contributed by atoms with Crippen LogP contribution < -0.4 is 15.2 Å². The maximum Gasteiger partial charge on any atom is 0.304 e. The normalized spacial score (nSPS) is 23.4. The summed E-state index contributed by atoms with van der Waals surface area (Å²) in [4.78, 5) is 14.8. The van der Waals surface area contributed by atoms with Crippen LogP contribution in [0.1, 0.15) is 12.5 Å².